The third-order valence-corrected chi connectivity index (χ3v) is 10.2. The molecule has 0 heterocycles. The van der Waals surface area contributed by atoms with Crippen molar-refractivity contribution in [1.82, 2.24) is 0 Å². The van der Waals surface area contributed by atoms with Crippen LogP contribution in [-0.4, -0.2) is 0 Å². The van der Waals surface area contributed by atoms with Crippen LogP contribution in [-0.2, 0) is 0 Å². The van der Waals surface area contributed by atoms with Gasteiger partial charge in [-0.2, -0.15) is 0 Å². The molecule has 0 unspecified atom stereocenters. The predicted molar refractivity (Wildman–Crippen MR) is 207 cm³/mol. The second kappa shape index (κ2) is 10.7. The van der Waals surface area contributed by atoms with Crippen molar-refractivity contribution in [3.05, 3.63) is 182 Å². The van der Waals surface area contributed by atoms with E-state index in [1.165, 1.54) is 98.4 Å². The van der Waals surface area contributed by atoms with Gasteiger partial charge in [-0.15, -0.1) is 0 Å². The van der Waals surface area contributed by atoms with Crippen molar-refractivity contribution >= 4 is 53.9 Å². The molecule has 0 N–H and O–H groups in total. The van der Waals surface area contributed by atoms with Gasteiger partial charge in [0.05, 0.1) is 0 Å². The minimum absolute atomic E-state index is 1.23. The number of hydrogen-bond donors (Lipinski definition) is 0. The van der Waals surface area contributed by atoms with Gasteiger partial charge in [0.2, 0.25) is 0 Å². The average molecular weight is 607 g/mol. The van der Waals surface area contributed by atoms with E-state index in [2.05, 4.69) is 182 Å². The molecule has 0 saturated heterocycles. The van der Waals surface area contributed by atoms with E-state index in [9.17, 15) is 0 Å². The molecule has 222 valence electrons. The molecular weight excluding hydrogens is 577 g/mol. The van der Waals surface area contributed by atoms with Crippen LogP contribution in [0.2, 0.25) is 0 Å². The van der Waals surface area contributed by atoms with Crippen LogP contribution in [0.3, 0.4) is 0 Å². The number of benzene rings is 10. The fourth-order valence-electron chi connectivity index (χ4n) is 8.01. The minimum Gasteiger partial charge on any atom is -0.0622 e. The van der Waals surface area contributed by atoms with Gasteiger partial charge in [-0.3, -0.25) is 0 Å². The van der Waals surface area contributed by atoms with E-state index in [4.69, 9.17) is 0 Å². The van der Waals surface area contributed by atoms with E-state index < -0.39 is 0 Å². The lowest BCUT2D eigenvalue weighted by atomic mass is 9.83. The molecule has 0 amide bonds. The van der Waals surface area contributed by atoms with Crippen LogP contribution < -0.4 is 0 Å². The smallest absolute Gasteiger partial charge is 0.00141 e. The molecule has 0 heteroatoms. The fraction of sp³-hybridized carbons (Fsp3) is 0. The first kappa shape index (κ1) is 26.9. The quantitative estimate of drug-likeness (QED) is 0.175. The van der Waals surface area contributed by atoms with Crippen molar-refractivity contribution in [3.63, 3.8) is 0 Å². The van der Waals surface area contributed by atoms with Crippen molar-refractivity contribution in [3.8, 4) is 44.5 Å². The van der Waals surface area contributed by atoms with Gasteiger partial charge in [-0.25, -0.2) is 0 Å². The van der Waals surface area contributed by atoms with Crippen LogP contribution in [0.15, 0.2) is 182 Å². The Morgan fingerprint density at radius 1 is 0.208 bits per heavy atom. The molecule has 48 heavy (non-hydrogen) atoms. The first-order valence-electron chi connectivity index (χ1n) is 16.7. The first-order valence-corrected chi connectivity index (χ1v) is 16.7. The Labute approximate surface area is 279 Å². The molecule has 0 aliphatic heterocycles. The fourth-order valence-corrected chi connectivity index (χ4v) is 8.01. The van der Waals surface area contributed by atoms with E-state index in [1.54, 1.807) is 0 Å². The summed E-state index contributed by atoms with van der Waals surface area (Å²) in [4.78, 5) is 0. The molecule has 10 aromatic carbocycles. The maximum absolute atomic E-state index is 2.44. The molecule has 0 spiro atoms. The largest absolute Gasteiger partial charge is 0.0622 e. The summed E-state index contributed by atoms with van der Waals surface area (Å²) in [6.45, 7) is 0. The topological polar surface area (TPSA) is 0 Å². The Morgan fingerprint density at radius 3 is 1.46 bits per heavy atom. The Hall–Kier alpha value is -6.24. The van der Waals surface area contributed by atoms with E-state index in [0.29, 0.717) is 0 Å². The summed E-state index contributed by atoms with van der Waals surface area (Å²) >= 11 is 0. The minimum atomic E-state index is 1.23. The molecule has 10 aromatic rings. The van der Waals surface area contributed by atoms with Gasteiger partial charge in [-0.1, -0.05) is 170 Å². The summed E-state index contributed by atoms with van der Waals surface area (Å²) in [5.74, 6) is 0. The lowest BCUT2D eigenvalue weighted by molar-refractivity contribution is 1.60. The van der Waals surface area contributed by atoms with Crippen molar-refractivity contribution in [1.29, 1.82) is 0 Å². The average Bonchev–Trinajstić information content (AvgIpc) is 3.16. The number of rotatable bonds is 4. The van der Waals surface area contributed by atoms with Gasteiger partial charge in [0.15, 0.2) is 0 Å². The molecule has 0 aliphatic carbocycles. The molecule has 0 aliphatic rings. The van der Waals surface area contributed by atoms with Crippen LogP contribution in [0.1, 0.15) is 0 Å². The second-order valence-corrected chi connectivity index (χ2v) is 12.8. The number of hydrogen-bond acceptors (Lipinski definition) is 0. The Balaban J connectivity index is 1.34. The van der Waals surface area contributed by atoms with E-state index in [0.717, 1.165) is 0 Å². The standard InChI is InChI=1S/C48H30/c1-2-11-31(12-3-1)35-17-8-18-36(29-35)45-30-46(40-22-10-16-33-14-5-7-20-38(33)40)44-26-24-34-23-25-41(42-27-28-43(45)48(44)47(34)42)39-21-9-15-32-13-4-6-19-37(32)39/h1-30H. The zero-order valence-corrected chi connectivity index (χ0v) is 26.3. The molecule has 0 radical (unpaired) electrons. The van der Waals surface area contributed by atoms with Gasteiger partial charge in [-0.05, 0) is 111 Å². The molecule has 0 atom stereocenters. The zero-order chi connectivity index (χ0) is 31.6. The van der Waals surface area contributed by atoms with Crippen molar-refractivity contribution in [2.75, 3.05) is 0 Å². The molecule has 10 rings (SSSR count). The first-order chi connectivity index (χ1) is 23.8. The highest BCUT2D eigenvalue weighted by atomic mass is 14.2. The van der Waals surface area contributed by atoms with Crippen molar-refractivity contribution in [2.24, 2.45) is 0 Å². The highest BCUT2D eigenvalue weighted by Crippen LogP contribution is 2.47. The zero-order valence-electron chi connectivity index (χ0n) is 26.3. The van der Waals surface area contributed by atoms with Crippen LogP contribution in [0.25, 0.3) is 98.4 Å². The monoisotopic (exact) mass is 606 g/mol. The Kier molecular flexibility index (Phi) is 5.98. The maximum atomic E-state index is 2.44. The number of fused-ring (bicyclic) bond motifs is 2. The van der Waals surface area contributed by atoms with Gasteiger partial charge in [0.25, 0.3) is 0 Å². The third kappa shape index (κ3) is 4.10. The molecule has 0 saturated carbocycles. The second-order valence-electron chi connectivity index (χ2n) is 12.8. The highest BCUT2D eigenvalue weighted by Gasteiger charge is 2.20. The third-order valence-electron chi connectivity index (χ3n) is 10.2. The normalized spacial score (nSPS) is 11.8. The van der Waals surface area contributed by atoms with Gasteiger partial charge < -0.3 is 0 Å². The van der Waals surface area contributed by atoms with E-state index in [-0.39, 0.29) is 0 Å². The van der Waals surface area contributed by atoms with Crippen LogP contribution in [0.5, 0.6) is 0 Å². The predicted octanol–water partition coefficient (Wildman–Crippen LogP) is 13.6. The SMILES string of the molecule is c1ccc(-c2cccc(-c3cc(-c4cccc5ccccc45)c4ccc5ccc(-c6cccc7ccccc67)c6ccc3c4c56)c2)cc1. The Morgan fingerprint density at radius 2 is 0.708 bits per heavy atom. The van der Waals surface area contributed by atoms with Crippen molar-refractivity contribution in [2.45, 2.75) is 0 Å². The van der Waals surface area contributed by atoms with Crippen LogP contribution in [0.4, 0.5) is 0 Å². The van der Waals surface area contributed by atoms with Gasteiger partial charge >= 0.3 is 0 Å². The van der Waals surface area contributed by atoms with E-state index >= 15 is 0 Å². The summed E-state index contributed by atoms with van der Waals surface area (Å²) in [5.41, 5.74) is 10.0. The highest BCUT2D eigenvalue weighted by molar-refractivity contribution is 6.31. The summed E-state index contributed by atoms with van der Waals surface area (Å²) in [6.07, 6.45) is 0. The summed E-state index contributed by atoms with van der Waals surface area (Å²) < 4.78 is 0. The van der Waals surface area contributed by atoms with Crippen LogP contribution in [0, 0.1) is 0 Å². The summed E-state index contributed by atoms with van der Waals surface area (Å²) in [6, 6.07) is 67.1. The van der Waals surface area contributed by atoms with Crippen molar-refractivity contribution < 1.29 is 0 Å². The molecule has 0 nitrogen and oxygen atoms in total. The van der Waals surface area contributed by atoms with E-state index in [1.807, 2.05) is 0 Å². The molecule has 0 fully saturated rings. The van der Waals surface area contributed by atoms with Gasteiger partial charge in [0.1, 0.15) is 0 Å². The summed E-state index contributed by atoms with van der Waals surface area (Å²) in [7, 11) is 0. The molecule has 0 bridgehead atoms. The lowest BCUT2D eigenvalue weighted by Crippen LogP contribution is -1.93. The molecule has 0 aromatic heterocycles. The van der Waals surface area contributed by atoms with Crippen LogP contribution >= 0.6 is 0 Å². The lowest BCUT2D eigenvalue weighted by Gasteiger charge is -2.20. The molecular formula is C48H30. The summed E-state index contributed by atoms with van der Waals surface area (Å²) in [5, 5.41) is 12.9. The van der Waals surface area contributed by atoms with Gasteiger partial charge in [0, 0.05) is 0 Å². The Bertz CT molecular complexity index is 2810. The maximum Gasteiger partial charge on any atom is -0.00141 e.